The van der Waals surface area contributed by atoms with Crippen molar-refractivity contribution in [2.45, 2.75) is 18.6 Å². The second-order valence-corrected chi connectivity index (χ2v) is 6.59. The van der Waals surface area contributed by atoms with Crippen LogP contribution in [0.1, 0.15) is 12.5 Å². The third kappa shape index (κ3) is 5.01. The Morgan fingerprint density at radius 3 is 2.82 bits per heavy atom. The molecule has 3 aromatic rings. The standard InChI is InChI=1S/C19H21N5O3S/c1-3-27-18-14(5-4-10-20-18)11-21-17(25)12-28-19-23-22-13-24(19)15-6-8-16(26-2)9-7-15/h4-10,13H,3,11-12H2,1-2H3,(H,21,25). The fraction of sp³-hybridized carbons (Fsp3) is 0.263. The maximum absolute atomic E-state index is 12.2. The first-order valence-electron chi connectivity index (χ1n) is 8.72. The highest BCUT2D eigenvalue weighted by molar-refractivity contribution is 7.99. The molecule has 0 aliphatic carbocycles. The number of benzene rings is 1. The molecule has 0 saturated heterocycles. The molecule has 3 rings (SSSR count). The topological polar surface area (TPSA) is 91.2 Å². The molecule has 1 aromatic carbocycles. The van der Waals surface area contributed by atoms with Crippen molar-refractivity contribution >= 4 is 17.7 Å². The van der Waals surface area contributed by atoms with Crippen LogP contribution in [0.5, 0.6) is 11.6 Å². The van der Waals surface area contributed by atoms with E-state index in [1.165, 1.54) is 11.8 Å². The second kappa shape index (κ2) is 9.75. The van der Waals surface area contributed by atoms with Gasteiger partial charge in [-0.25, -0.2) is 4.98 Å². The SMILES string of the molecule is CCOc1ncccc1CNC(=O)CSc1nncn1-c1ccc(OC)cc1. The van der Waals surface area contributed by atoms with Gasteiger partial charge in [-0.1, -0.05) is 17.8 Å². The Balaban J connectivity index is 1.56. The van der Waals surface area contributed by atoms with Gasteiger partial charge in [-0.05, 0) is 37.3 Å². The zero-order valence-corrected chi connectivity index (χ0v) is 16.5. The van der Waals surface area contributed by atoms with E-state index >= 15 is 0 Å². The van der Waals surface area contributed by atoms with Crippen LogP contribution in [0.4, 0.5) is 0 Å². The smallest absolute Gasteiger partial charge is 0.230 e. The number of pyridine rings is 1. The number of nitrogens with one attached hydrogen (secondary N) is 1. The summed E-state index contributed by atoms with van der Waals surface area (Å²) < 4.78 is 12.5. The van der Waals surface area contributed by atoms with Gasteiger partial charge < -0.3 is 14.8 Å². The Hall–Kier alpha value is -3.07. The first-order chi connectivity index (χ1) is 13.7. The van der Waals surface area contributed by atoms with Crippen LogP contribution in [0.15, 0.2) is 54.1 Å². The summed E-state index contributed by atoms with van der Waals surface area (Å²) in [6.45, 7) is 2.77. The van der Waals surface area contributed by atoms with Gasteiger partial charge in [-0.3, -0.25) is 9.36 Å². The summed E-state index contributed by atoms with van der Waals surface area (Å²) >= 11 is 1.32. The Labute approximate surface area is 167 Å². The molecular formula is C19H21N5O3S. The van der Waals surface area contributed by atoms with E-state index in [1.54, 1.807) is 19.6 Å². The van der Waals surface area contributed by atoms with Gasteiger partial charge in [0, 0.05) is 24.0 Å². The summed E-state index contributed by atoms with van der Waals surface area (Å²) in [5, 5.41) is 11.6. The highest BCUT2D eigenvalue weighted by atomic mass is 32.2. The lowest BCUT2D eigenvalue weighted by atomic mass is 10.2. The molecule has 0 unspecified atom stereocenters. The molecule has 0 bridgehead atoms. The zero-order valence-electron chi connectivity index (χ0n) is 15.7. The largest absolute Gasteiger partial charge is 0.497 e. The molecule has 9 heteroatoms. The number of methoxy groups -OCH3 is 1. The van der Waals surface area contributed by atoms with E-state index in [1.807, 2.05) is 47.9 Å². The molecule has 2 heterocycles. The molecule has 146 valence electrons. The fourth-order valence-corrected chi connectivity index (χ4v) is 3.20. The van der Waals surface area contributed by atoms with Crippen molar-refractivity contribution in [2.75, 3.05) is 19.5 Å². The van der Waals surface area contributed by atoms with E-state index in [0.29, 0.717) is 24.2 Å². The summed E-state index contributed by atoms with van der Waals surface area (Å²) in [7, 11) is 1.62. The van der Waals surface area contributed by atoms with E-state index in [2.05, 4.69) is 20.5 Å². The lowest BCUT2D eigenvalue weighted by Crippen LogP contribution is -2.25. The van der Waals surface area contributed by atoms with Crippen LogP contribution >= 0.6 is 11.8 Å². The van der Waals surface area contributed by atoms with Crippen LogP contribution in [0.3, 0.4) is 0 Å². The van der Waals surface area contributed by atoms with Crippen molar-refractivity contribution in [1.82, 2.24) is 25.1 Å². The number of aromatic nitrogens is 4. The van der Waals surface area contributed by atoms with Gasteiger partial charge in [0.1, 0.15) is 12.1 Å². The molecule has 1 amide bonds. The highest BCUT2D eigenvalue weighted by Crippen LogP contribution is 2.21. The number of carbonyl (C=O) groups is 1. The summed E-state index contributed by atoms with van der Waals surface area (Å²) in [5.41, 5.74) is 1.73. The van der Waals surface area contributed by atoms with Gasteiger partial charge in [0.2, 0.25) is 11.8 Å². The van der Waals surface area contributed by atoms with E-state index in [-0.39, 0.29) is 11.7 Å². The lowest BCUT2D eigenvalue weighted by molar-refractivity contribution is -0.118. The lowest BCUT2D eigenvalue weighted by Gasteiger charge is -2.10. The van der Waals surface area contributed by atoms with Crippen LogP contribution in [0, 0.1) is 0 Å². The molecule has 8 nitrogen and oxygen atoms in total. The summed E-state index contributed by atoms with van der Waals surface area (Å²) in [4.78, 5) is 16.4. The molecule has 1 N–H and O–H groups in total. The third-order valence-electron chi connectivity index (χ3n) is 3.81. The van der Waals surface area contributed by atoms with Crippen molar-refractivity contribution in [3.05, 3.63) is 54.5 Å². The van der Waals surface area contributed by atoms with E-state index in [0.717, 1.165) is 17.0 Å². The van der Waals surface area contributed by atoms with Gasteiger partial charge in [-0.15, -0.1) is 10.2 Å². The average Bonchev–Trinajstić information content (AvgIpc) is 3.20. The van der Waals surface area contributed by atoms with Crippen molar-refractivity contribution in [3.63, 3.8) is 0 Å². The predicted octanol–water partition coefficient (Wildman–Crippen LogP) is 2.48. The third-order valence-corrected chi connectivity index (χ3v) is 4.75. The molecule has 0 fully saturated rings. The molecule has 0 radical (unpaired) electrons. The summed E-state index contributed by atoms with van der Waals surface area (Å²) in [5.74, 6) is 1.42. The van der Waals surface area contributed by atoms with Crippen LogP contribution in [-0.4, -0.2) is 45.1 Å². The monoisotopic (exact) mass is 399 g/mol. The maximum Gasteiger partial charge on any atom is 0.230 e. The van der Waals surface area contributed by atoms with Gasteiger partial charge in [0.05, 0.1) is 19.5 Å². The van der Waals surface area contributed by atoms with Crippen molar-refractivity contribution < 1.29 is 14.3 Å². The van der Waals surface area contributed by atoms with Crippen molar-refractivity contribution in [2.24, 2.45) is 0 Å². The predicted molar refractivity (Wildman–Crippen MR) is 106 cm³/mol. The Morgan fingerprint density at radius 1 is 1.25 bits per heavy atom. The van der Waals surface area contributed by atoms with Crippen LogP contribution < -0.4 is 14.8 Å². The number of ether oxygens (including phenoxy) is 2. The molecule has 0 saturated carbocycles. The number of hydrogen-bond acceptors (Lipinski definition) is 7. The molecular weight excluding hydrogens is 378 g/mol. The molecule has 0 aliphatic heterocycles. The minimum Gasteiger partial charge on any atom is -0.497 e. The van der Waals surface area contributed by atoms with E-state index in [9.17, 15) is 4.79 Å². The quantitative estimate of drug-likeness (QED) is 0.553. The molecule has 2 aromatic heterocycles. The number of rotatable bonds is 9. The number of carbonyl (C=O) groups excluding carboxylic acids is 1. The molecule has 0 spiro atoms. The van der Waals surface area contributed by atoms with Crippen LogP contribution in [-0.2, 0) is 11.3 Å². The normalized spacial score (nSPS) is 10.5. The first kappa shape index (κ1) is 19.7. The minimum absolute atomic E-state index is 0.111. The van der Waals surface area contributed by atoms with Crippen LogP contribution in [0.2, 0.25) is 0 Å². The zero-order chi connectivity index (χ0) is 19.8. The Bertz CT molecular complexity index is 914. The van der Waals surface area contributed by atoms with Crippen LogP contribution in [0.25, 0.3) is 5.69 Å². The number of hydrogen-bond donors (Lipinski definition) is 1. The number of thioether (sulfide) groups is 1. The van der Waals surface area contributed by atoms with Gasteiger partial charge in [-0.2, -0.15) is 0 Å². The first-order valence-corrected chi connectivity index (χ1v) is 9.70. The summed E-state index contributed by atoms with van der Waals surface area (Å²) in [6.07, 6.45) is 3.28. The minimum atomic E-state index is -0.111. The molecule has 0 aliphatic rings. The van der Waals surface area contributed by atoms with E-state index in [4.69, 9.17) is 9.47 Å². The van der Waals surface area contributed by atoms with Gasteiger partial charge in [0.25, 0.3) is 0 Å². The number of nitrogens with zero attached hydrogens (tertiary/aromatic N) is 4. The molecule has 28 heavy (non-hydrogen) atoms. The molecule has 0 atom stereocenters. The Morgan fingerprint density at radius 2 is 2.07 bits per heavy atom. The number of amides is 1. The highest BCUT2D eigenvalue weighted by Gasteiger charge is 2.11. The fourth-order valence-electron chi connectivity index (χ4n) is 2.44. The van der Waals surface area contributed by atoms with Gasteiger partial charge >= 0.3 is 0 Å². The average molecular weight is 399 g/mol. The van der Waals surface area contributed by atoms with Crippen molar-refractivity contribution in [1.29, 1.82) is 0 Å². The Kier molecular flexibility index (Phi) is 6.85. The second-order valence-electron chi connectivity index (χ2n) is 5.65. The summed E-state index contributed by atoms with van der Waals surface area (Å²) in [6, 6.07) is 11.2. The maximum atomic E-state index is 12.2. The van der Waals surface area contributed by atoms with E-state index < -0.39 is 0 Å². The van der Waals surface area contributed by atoms with Crippen molar-refractivity contribution in [3.8, 4) is 17.3 Å². The van der Waals surface area contributed by atoms with Gasteiger partial charge in [0.15, 0.2) is 5.16 Å².